The first kappa shape index (κ1) is 16.9. The zero-order chi connectivity index (χ0) is 16.3. The molecule has 0 bridgehead atoms. The molecule has 0 fully saturated rings. The Morgan fingerprint density at radius 2 is 1.68 bits per heavy atom. The van der Waals surface area contributed by atoms with Gasteiger partial charge in [0.15, 0.2) is 18.2 Å². The van der Waals surface area contributed by atoms with E-state index < -0.39 is 0 Å². The Morgan fingerprint density at radius 3 is 2.27 bits per heavy atom. The van der Waals surface area contributed by atoms with Crippen LogP contribution in [0.3, 0.4) is 0 Å². The summed E-state index contributed by atoms with van der Waals surface area (Å²) in [5.74, 6) is 0.0186. The maximum absolute atomic E-state index is 9.56. The molecule has 2 aromatic carbocycles. The van der Waals surface area contributed by atoms with Crippen LogP contribution in [0, 0.1) is 11.3 Å². The standard InChI is InChI=1S/C14H8Cl4N2O2/c15-8-2-11(17)14(12(18)3-8)22-6-20-9-1-7(5-19)13(21)10(16)4-9/h1-4,20-21H,6H2. The Kier molecular flexibility index (Phi) is 5.49. The summed E-state index contributed by atoms with van der Waals surface area (Å²) < 4.78 is 5.45. The van der Waals surface area contributed by atoms with Gasteiger partial charge in [-0.15, -0.1) is 0 Å². The number of nitriles is 1. The van der Waals surface area contributed by atoms with E-state index in [-0.39, 0.29) is 38.9 Å². The van der Waals surface area contributed by atoms with Crippen molar-refractivity contribution in [3.8, 4) is 17.6 Å². The van der Waals surface area contributed by atoms with Crippen LogP contribution in [-0.2, 0) is 0 Å². The number of hydrogen-bond acceptors (Lipinski definition) is 4. The molecule has 0 aromatic heterocycles. The third kappa shape index (κ3) is 3.82. The summed E-state index contributed by atoms with van der Waals surface area (Å²) >= 11 is 23.6. The molecule has 4 nitrogen and oxygen atoms in total. The summed E-state index contributed by atoms with van der Waals surface area (Å²) in [5.41, 5.74) is 0.554. The molecule has 0 aliphatic carbocycles. The molecule has 0 atom stereocenters. The molecular weight excluding hydrogens is 370 g/mol. The summed E-state index contributed by atoms with van der Waals surface area (Å²) in [6.45, 7) is 0.0209. The quantitative estimate of drug-likeness (QED) is 0.558. The van der Waals surface area contributed by atoms with Gasteiger partial charge in [-0.05, 0) is 24.3 Å². The van der Waals surface area contributed by atoms with E-state index in [1.54, 1.807) is 0 Å². The number of phenols is 1. The van der Waals surface area contributed by atoms with Crippen LogP contribution in [0.5, 0.6) is 11.5 Å². The molecule has 0 saturated heterocycles. The van der Waals surface area contributed by atoms with Crippen molar-refractivity contribution < 1.29 is 9.84 Å². The Balaban J connectivity index is 2.09. The van der Waals surface area contributed by atoms with E-state index in [0.717, 1.165) is 0 Å². The monoisotopic (exact) mass is 376 g/mol. The Labute approximate surface area is 146 Å². The number of nitrogens with zero attached hydrogens (tertiary/aromatic N) is 1. The molecule has 8 heteroatoms. The first-order valence-electron chi connectivity index (χ1n) is 5.86. The predicted molar refractivity (Wildman–Crippen MR) is 88.4 cm³/mol. The maximum Gasteiger partial charge on any atom is 0.159 e. The van der Waals surface area contributed by atoms with Crippen LogP contribution in [0.4, 0.5) is 5.69 Å². The molecule has 114 valence electrons. The number of phenolic OH excluding ortho intramolecular Hbond substituents is 1. The fraction of sp³-hybridized carbons (Fsp3) is 0.0714. The molecule has 0 aliphatic rings. The third-order valence-electron chi connectivity index (χ3n) is 2.64. The zero-order valence-corrected chi connectivity index (χ0v) is 13.9. The van der Waals surface area contributed by atoms with Crippen molar-refractivity contribution in [1.82, 2.24) is 0 Å². The first-order valence-corrected chi connectivity index (χ1v) is 7.37. The lowest BCUT2D eigenvalue weighted by atomic mass is 10.2. The lowest BCUT2D eigenvalue weighted by Crippen LogP contribution is -2.09. The summed E-state index contributed by atoms with van der Waals surface area (Å²) in [6.07, 6.45) is 0. The average Bonchev–Trinajstić information content (AvgIpc) is 2.45. The summed E-state index contributed by atoms with van der Waals surface area (Å²) in [4.78, 5) is 0. The molecule has 0 heterocycles. The van der Waals surface area contributed by atoms with Crippen molar-refractivity contribution in [3.63, 3.8) is 0 Å². The molecule has 0 spiro atoms. The maximum atomic E-state index is 9.56. The van der Waals surface area contributed by atoms with Gasteiger partial charge in [0.1, 0.15) is 6.07 Å². The Bertz CT molecular complexity index is 736. The van der Waals surface area contributed by atoms with E-state index >= 15 is 0 Å². The van der Waals surface area contributed by atoms with Gasteiger partial charge in [-0.1, -0.05) is 46.4 Å². The van der Waals surface area contributed by atoms with E-state index in [2.05, 4.69) is 5.32 Å². The number of anilines is 1. The van der Waals surface area contributed by atoms with Gasteiger partial charge >= 0.3 is 0 Å². The number of nitrogens with one attached hydrogen (secondary N) is 1. The summed E-state index contributed by atoms with van der Waals surface area (Å²) in [6, 6.07) is 7.76. The smallest absolute Gasteiger partial charge is 0.159 e. The van der Waals surface area contributed by atoms with Gasteiger partial charge in [-0.25, -0.2) is 0 Å². The summed E-state index contributed by atoms with van der Waals surface area (Å²) in [7, 11) is 0. The molecule has 0 radical (unpaired) electrons. The molecule has 22 heavy (non-hydrogen) atoms. The average molecular weight is 378 g/mol. The van der Waals surface area contributed by atoms with Crippen LogP contribution >= 0.6 is 46.4 Å². The van der Waals surface area contributed by atoms with E-state index in [9.17, 15) is 5.11 Å². The van der Waals surface area contributed by atoms with Crippen molar-refractivity contribution in [2.45, 2.75) is 0 Å². The van der Waals surface area contributed by atoms with Gasteiger partial charge in [0.05, 0.1) is 20.6 Å². The fourth-order valence-corrected chi connectivity index (χ4v) is 2.79. The highest BCUT2D eigenvalue weighted by molar-refractivity contribution is 6.40. The second-order valence-corrected chi connectivity index (χ2v) is 5.79. The van der Waals surface area contributed by atoms with Gasteiger partial charge in [-0.3, -0.25) is 0 Å². The molecule has 2 rings (SSSR count). The number of rotatable bonds is 4. The van der Waals surface area contributed by atoms with Gasteiger partial charge in [0, 0.05) is 10.7 Å². The van der Waals surface area contributed by atoms with Crippen molar-refractivity contribution in [2.75, 3.05) is 12.0 Å². The minimum Gasteiger partial charge on any atom is -0.505 e. The van der Waals surface area contributed by atoms with Crippen molar-refractivity contribution in [1.29, 1.82) is 5.26 Å². The number of halogens is 4. The number of benzene rings is 2. The van der Waals surface area contributed by atoms with Crippen LogP contribution in [0.2, 0.25) is 20.1 Å². The number of aromatic hydroxyl groups is 1. The number of hydrogen-bond donors (Lipinski definition) is 2. The molecule has 0 aliphatic heterocycles. The largest absolute Gasteiger partial charge is 0.505 e. The van der Waals surface area contributed by atoms with Crippen LogP contribution in [0.1, 0.15) is 5.56 Å². The molecule has 2 aromatic rings. The molecule has 0 amide bonds. The lowest BCUT2D eigenvalue weighted by molar-refractivity contribution is 0.347. The molecule has 0 unspecified atom stereocenters. The minimum atomic E-state index is -0.264. The van der Waals surface area contributed by atoms with Crippen LogP contribution in [0.25, 0.3) is 0 Å². The molecule has 0 saturated carbocycles. The second kappa shape index (κ2) is 7.17. The third-order valence-corrected chi connectivity index (χ3v) is 3.71. The van der Waals surface area contributed by atoms with Crippen molar-refractivity contribution >= 4 is 52.1 Å². The first-order chi connectivity index (χ1) is 10.4. The van der Waals surface area contributed by atoms with Crippen LogP contribution in [-0.4, -0.2) is 11.8 Å². The predicted octanol–water partition coefficient (Wildman–Crippen LogP) is 5.33. The van der Waals surface area contributed by atoms with Gasteiger partial charge in [0.25, 0.3) is 0 Å². The van der Waals surface area contributed by atoms with Crippen molar-refractivity contribution in [2.24, 2.45) is 0 Å². The molecular formula is C14H8Cl4N2O2. The highest BCUT2D eigenvalue weighted by Gasteiger charge is 2.10. The fourth-order valence-electron chi connectivity index (χ4n) is 1.64. The normalized spacial score (nSPS) is 10.1. The van der Waals surface area contributed by atoms with Crippen molar-refractivity contribution in [3.05, 3.63) is 49.9 Å². The topological polar surface area (TPSA) is 65.3 Å². The Morgan fingerprint density at radius 1 is 1.05 bits per heavy atom. The van der Waals surface area contributed by atoms with Gasteiger partial charge in [-0.2, -0.15) is 5.26 Å². The van der Waals surface area contributed by atoms with Crippen LogP contribution < -0.4 is 10.1 Å². The molecule has 2 N–H and O–H groups in total. The minimum absolute atomic E-state index is 0.0209. The van der Waals surface area contributed by atoms with Crippen LogP contribution in [0.15, 0.2) is 24.3 Å². The highest BCUT2D eigenvalue weighted by atomic mass is 35.5. The Hall–Kier alpha value is -1.51. The van der Waals surface area contributed by atoms with E-state index in [1.165, 1.54) is 24.3 Å². The zero-order valence-electron chi connectivity index (χ0n) is 10.8. The van der Waals surface area contributed by atoms with Gasteiger partial charge < -0.3 is 15.2 Å². The van der Waals surface area contributed by atoms with E-state index in [1.807, 2.05) is 6.07 Å². The SMILES string of the molecule is N#Cc1cc(NCOc2c(Cl)cc(Cl)cc2Cl)cc(Cl)c1O. The van der Waals surface area contributed by atoms with E-state index in [0.29, 0.717) is 10.7 Å². The second-order valence-electron chi connectivity index (χ2n) is 4.13. The van der Waals surface area contributed by atoms with E-state index in [4.69, 9.17) is 56.4 Å². The lowest BCUT2D eigenvalue weighted by Gasteiger charge is -2.13. The highest BCUT2D eigenvalue weighted by Crippen LogP contribution is 2.36. The summed E-state index contributed by atoms with van der Waals surface area (Å²) in [5, 5.41) is 22.4. The van der Waals surface area contributed by atoms with Gasteiger partial charge in [0.2, 0.25) is 0 Å². The number of ether oxygens (including phenoxy) is 1.